The van der Waals surface area contributed by atoms with Gasteiger partial charge in [-0.05, 0) is 0 Å². The first-order chi connectivity index (χ1) is 1.00. The van der Waals surface area contributed by atoms with Gasteiger partial charge in [-0.2, -0.15) is 0 Å². The topological polar surface area (TPSA) is 48.6 Å². The van der Waals surface area contributed by atoms with Crippen molar-refractivity contribution in [3.63, 3.8) is 0 Å². The quantitative estimate of drug-likeness (QED) is 0.411. The van der Waals surface area contributed by atoms with E-state index < -0.39 is 0 Å². The molecule has 0 saturated carbocycles. The molecular weight excluding hydrogens is 178 g/mol. The summed E-state index contributed by atoms with van der Waals surface area (Å²) in [6, 6.07) is 0. The van der Waals surface area contributed by atoms with Crippen LogP contribution in [0.4, 0.5) is 0 Å². The summed E-state index contributed by atoms with van der Waals surface area (Å²) >= 11 is 0.300. The van der Waals surface area contributed by atoms with E-state index in [0.717, 1.165) is 0 Å². The monoisotopic (exact) mass is 182 g/mol. The normalized spacial score (nSPS) is 1.00. The molecule has 0 radical (unpaired) electrons. The second kappa shape index (κ2) is 26.9. The van der Waals surface area contributed by atoms with E-state index in [1.54, 1.807) is 0 Å². The summed E-state index contributed by atoms with van der Waals surface area (Å²) in [6.07, 6.45) is 0. The molecule has 0 aromatic rings. The third kappa shape index (κ3) is 10.2. The minimum atomic E-state index is 0. The second-order valence-electron chi connectivity index (χ2n) is 0. The van der Waals surface area contributed by atoms with E-state index in [4.69, 9.17) is 3.02 Å². The molecule has 0 aliphatic carbocycles. The Balaban J connectivity index is -0.000000000833. The Morgan fingerprint density at radius 3 is 1.50 bits per heavy atom. The number of hydrogen-bond donors (Lipinski definition) is 0. The number of hydrogen-bond acceptors (Lipinski definition) is 1. The molecule has 0 bridgehead atoms. The van der Waals surface area contributed by atoms with E-state index in [1.807, 2.05) is 0 Å². The van der Waals surface area contributed by atoms with Crippen LogP contribution in [0.15, 0.2) is 0 Å². The predicted molar refractivity (Wildman–Crippen MR) is 19.4 cm³/mol. The summed E-state index contributed by atoms with van der Waals surface area (Å²) < 4.78 is 8.34. The molecule has 0 saturated heterocycles. The average Bonchev–Trinajstić information content (AvgIpc) is 1.00. The fourth-order valence-electron chi connectivity index (χ4n) is 0. The standard InChI is InChI=1S/Mg.H2O.O.Sb.3H/h;1H2;;;;;/q+2;;;;;2*-1. The first-order valence-electron chi connectivity index (χ1n) is 0.204. The second-order valence-corrected chi connectivity index (χ2v) is 0. The van der Waals surface area contributed by atoms with Crippen molar-refractivity contribution >= 4 is 46.1 Å². The minimum absolute atomic E-state index is 0. The molecular formula is H5MgO2Sb. The van der Waals surface area contributed by atoms with Crippen molar-refractivity contribution in [2.24, 2.45) is 0 Å². The summed E-state index contributed by atoms with van der Waals surface area (Å²) in [6.45, 7) is 0. The fraction of sp³-hybridized carbons (Fsp3) is 0. The van der Waals surface area contributed by atoms with Gasteiger partial charge in [0.1, 0.15) is 0 Å². The first-order valence-corrected chi connectivity index (χ1v) is 1.37. The van der Waals surface area contributed by atoms with Crippen LogP contribution >= 0.6 is 0 Å². The van der Waals surface area contributed by atoms with Gasteiger partial charge in [0, 0.05) is 0 Å². The predicted octanol–water partition coefficient (Wildman–Crippen LogP) is -1.75. The molecule has 0 aromatic carbocycles. The van der Waals surface area contributed by atoms with Gasteiger partial charge < -0.3 is 8.33 Å². The maximum atomic E-state index is 8.34. The van der Waals surface area contributed by atoms with Gasteiger partial charge in [-0.1, -0.05) is 0 Å². The molecule has 0 aliphatic heterocycles. The molecule has 2 N–H and O–H groups in total. The van der Waals surface area contributed by atoms with Crippen LogP contribution in [0.5, 0.6) is 0 Å². The molecule has 0 spiro atoms. The zero-order valence-corrected chi connectivity index (χ0v) is 6.38. The summed E-state index contributed by atoms with van der Waals surface area (Å²) in [7, 11) is 0. The third-order valence-corrected chi connectivity index (χ3v) is 0. The summed E-state index contributed by atoms with van der Waals surface area (Å²) in [5.74, 6) is 0. The molecule has 0 aromatic heterocycles. The SMILES string of the molecule is O.[H-].[H-].[Mg+2].[O]=[SbH]. The van der Waals surface area contributed by atoms with Crippen LogP contribution in [-0.4, -0.2) is 51.5 Å². The summed E-state index contributed by atoms with van der Waals surface area (Å²) in [4.78, 5) is 0. The molecule has 0 aliphatic rings. The van der Waals surface area contributed by atoms with Crippen molar-refractivity contribution in [3.05, 3.63) is 0 Å². The fourth-order valence-corrected chi connectivity index (χ4v) is 0. The van der Waals surface area contributed by atoms with Crippen molar-refractivity contribution < 1.29 is 11.3 Å². The van der Waals surface area contributed by atoms with Crippen LogP contribution < -0.4 is 0 Å². The van der Waals surface area contributed by atoms with Gasteiger partial charge in [0.15, 0.2) is 0 Å². The van der Waals surface area contributed by atoms with Crippen molar-refractivity contribution in [3.8, 4) is 0 Å². The number of rotatable bonds is 0. The zero-order chi connectivity index (χ0) is 2.00. The summed E-state index contributed by atoms with van der Waals surface area (Å²) in [5, 5.41) is 0. The molecule has 0 heterocycles. The molecule has 0 amide bonds. The van der Waals surface area contributed by atoms with Gasteiger partial charge in [0.05, 0.1) is 0 Å². The Hall–Kier alpha value is 1.34. The molecule has 2 nitrogen and oxygen atoms in total. The van der Waals surface area contributed by atoms with Crippen LogP contribution in [0.3, 0.4) is 0 Å². The van der Waals surface area contributed by atoms with Crippen LogP contribution in [0.25, 0.3) is 0 Å². The maximum absolute atomic E-state index is 8.34. The van der Waals surface area contributed by atoms with Crippen molar-refractivity contribution in [1.82, 2.24) is 0 Å². The molecule has 0 atom stereocenters. The van der Waals surface area contributed by atoms with Gasteiger partial charge in [-0.15, -0.1) is 0 Å². The van der Waals surface area contributed by atoms with Gasteiger partial charge in [0.25, 0.3) is 0 Å². The van der Waals surface area contributed by atoms with E-state index in [0.29, 0.717) is 23.0 Å². The van der Waals surface area contributed by atoms with E-state index >= 15 is 0 Å². The zero-order valence-electron chi connectivity index (χ0n) is 4.12. The molecule has 0 rings (SSSR count). The van der Waals surface area contributed by atoms with Gasteiger partial charge in [0.2, 0.25) is 0 Å². The van der Waals surface area contributed by atoms with E-state index in [-0.39, 0.29) is 31.4 Å². The molecule has 4 heavy (non-hydrogen) atoms. The van der Waals surface area contributed by atoms with Gasteiger partial charge in [-0.3, -0.25) is 0 Å². The Morgan fingerprint density at radius 1 is 1.50 bits per heavy atom. The summed E-state index contributed by atoms with van der Waals surface area (Å²) in [5.41, 5.74) is 0. The van der Waals surface area contributed by atoms with Crippen molar-refractivity contribution in [1.29, 1.82) is 0 Å². The molecule has 0 unspecified atom stereocenters. The Labute approximate surface area is 57.3 Å². The molecule has 24 valence electrons. The van der Waals surface area contributed by atoms with E-state index in [1.165, 1.54) is 0 Å². The first kappa shape index (κ1) is 18.4. The third-order valence-electron chi connectivity index (χ3n) is 0. The average molecular weight is 183 g/mol. The Kier molecular flexibility index (Phi) is 123. The van der Waals surface area contributed by atoms with Crippen LogP contribution in [-0.2, 0) is 3.02 Å². The van der Waals surface area contributed by atoms with Crippen LogP contribution in [0, 0.1) is 0 Å². The molecule has 0 fully saturated rings. The Bertz CT molecular complexity index is 11.5. The van der Waals surface area contributed by atoms with E-state index in [9.17, 15) is 0 Å². The van der Waals surface area contributed by atoms with E-state index in [2.05, 4.69) is 0 Å². The van der Waals surface area contributed by atoms with Gasteiger partial charge >= 0.3 is 49.1 Å². The Morgan fingerprint density at radius 2 is 1.50 bits per heavy atom. The van der Waals surface area contributed by atoms with Crippen LogP contribution in [0.2, 0.25) is 0 Å². The van der Waals surface area contributed by atoms with Crippen molar-refractivity contribution in [2.45, 2.75) is 0 Å². The van der Waals surface area contributed by atoms with Crippen molar-refractivity contribution in [2.75, 3.05) is 0 Å². The van der Waals surface area contributed by atoms with Crippen LogP contribution in [0.1, 0.15) is 2.85 Å². The molecule has 4 heteroatoms. The van der Waals surface area contributed by atoms with Gasteiger partial charge in [-0.25, -0.2) is 0 Å².